The standard InChI is InChI=1S/C23H32ClN5OS/c1-30-22-9-3-16(11-21(22)24)15-2-4-19(12-17(25)10-15)29(23-27-13-26-14-28-23)18-5-7-20(31)8-6-18/h3,9,11,13-15,17-20,31H,2,4-8,10,12,25H2,1H3. The number of hydrogen-bond acceptors (Lipinski definition) is 7. The molecule has 0 bridgehead atoms. The lowest BCUT2D eigenvalue weighted by Gasteiger charge is -2.41. The van der Waals surface area contributed by atoms with Gasteiger partial charge in [0.15, 0.2) is 0 Å². The molecule has 1 aromatic carbocycles. The van der Waals surface area contributed by atoms with Crippen molar-refractivity contribution in [3.8, 4) is 5.75 Å². The van der Waals surface area contributed by atoms with Gasteiger partial charge in [-0.1, -0.05) is 17.7 Å². The first-order valence-corrected chi connectivity index (χ1v) is 12.1. The van der Waals surface area contributed by atoms with E-state index in [1.807, 2.05) is 12.1 Å². The molecule has 8 heteroatoms. The summed E-state index contributed by atoms with van der Waals surface area (Å²) in [5.74, 6) is 1.87. The fourth-order valence-electron chi connectivity index (χ4n) is 5.26. The molecule has 2 aliphatic rings. The number of ether oxygens (including phenoxy) is 1. The Bertz CT molecular complexity index is 849. The molecule has 2 N–H and O–H groups in total. The Balaban J connectivity index is 1.55. The molecule has 2 aromatic rings. The first kappa shape index (κ1) is 22.6. The van der Waals surface area contributed by atoms with Crippen LogP contribution in [0.3, 0.4) is 0 Å². The summed E-state index contributed by atoms with van der Waals surface area (Å²) in [6, 6.07) is 6.98. The molecule has 168 valence electrons. The van der Waals surface area contributed by atoms with Gasteiger partial charge in [0.05, 0.1) is 12.1 Å². The second kappa shape index (κ2) is 10.4. The summed E-state index contributed by atoms with van der Waals surface area (Å²) >= 11 is 11.1. The van der Waals surface area contributed by atoms with E-state index < -0.39 is 0 Å². The number of nitrogens with two attached hydrogens (primary N) is 1. The van der Waals surface area contributed by atoms with Crippen molar-refractivity contribution in [1.29, 1.82) is 0 Å². The zero-order valence-electron chi connectivity index (χ0n) is 18.0. The van der Waals surface area contributed by atoms with E-state index in [-0.39, 0.29) is 6.04 Å². The number of benzene rings is 1. The zero-order chi connectivity index (χ0) is 21.8. The predicted octanol–water partition coefficient (Wildman–Crippen LogP) is 4.63. The van der Waals surface area contributed by atoms with Crippen LogP contribution in [0.2, 0.25) is 5.02 Å². The van der Waals surface area contributed by atoms with E-state index in [1.165, 1.54) is 5.56 Å². The van der Waals surface area contributed by atoms with Crippen molar-refractivity contribution in [2.75, 3.05) is 12.0 Å². The molecule has 0 aliphatic heterocycles. The molecule has 2 aliphatic carbocycles. The minimum absolute atomic E-state index is 0.115. The van der Waals surface area contributed by atoms with Crippen molar-refractivity contribution in [1.82, 2.24) is 15.0 Å². The van der Waals surface area contributed by atoms with E-state index in [0.29, 0.717) is 34.0 Å². The molecule has 4 rings (SSSR count). The zero-order valence-corrected chi connectivity index (χ0v) is 19.7. The number of thiol groups is 1. The van der Waals surface area contributed by atoms with E-state index >= 15 is 0 Å². The first-order valence-electron chi connectivity index (χ1n) is 11.2. The van der Waals surface area contributed by atoms with Crippen LogP contribution < -0.4 is 15.4 Å². The molecule has 3 unspecified atom stereocenters. The number of nitrogens with zero attached hydrogens (tertiary/aromatic N) is 4. The maximum atomic E-state index is 6.66. The smallest absolute Gasteiger partial charge is 0.228 e. The largest absolute Gasteiger partial charge is 0.495 e. The minimum atomic E-state index is 0.115. The Morgan fingerprint density at radius 3 is 2.42 bits per heavy atom. The highest BCUT2D eigenvalue weighted by molar-refractivity contribution is 7.80. The summed E-state index contributed by atoms with van der Waals surface area (Å²) < 4.78 is 5.32. The molecular weight excluding hydrogens is 430 g/mol. The highest BCUT2D eigenvalue weighted by atomic mass is 35.5. The Kier molecular flexibility index (Phi) is 7.56. The molecule has 0 saturated heterocycles. The van der Waals surface area contributed by atoms with Gasteiger partial charge >= 0.3 is 0 Å². The van der Waals surface area contributed by atoms with Gasteiger partial charge in [0.2, 0.25) is 5.95 Å². The lowest BCUT2D eigenvalue weighted by molar-refractivity contribution is 0.366. The molecular formula is C23H32ClN5OS. The summed E-state index contributed by atoms with van der Waals surface area (Å²) in [5, 5.41) is 1.15. The highest BCUT2D eigenvalue weighted by Gasteiger charge is 2.35. The third-order valence-corrected chi connectivity index (χ3v) is 7.63. The number of hydrogen-bond donors (Lipinski definition) is 2. The quantitative estimate of drug-likeness (QED) is 0.499. The van der Waals surface area contributed by atoms with Gasteiger partial charge < -0.3 is 15.4 Å². The molecule has 1 heterocycles. The Morgan fingerprint density at radius 1 is 1.03 bits per heavy atom. The fourth-order valence-corrected chi connectivity index (χ4v) is 5.82. The lowest BCUT2D eigenvalue weighted by Crippen LogP contribution is -2.48. The van der Waals surface area contributed by atoms with Crippen molar-refractivity contribution in [2.45, 2.75) is 80.7 Å². The van der Waals surface area contributed by atoms with Gasteiger partial charge in [0.25, 0.3) is 0 Å². The molecule has 0 spiro atoms. The highest BCUT2D eigenvalue weighted by Crippen LogP contribution is 2.38. The molecule has 2 saturated carbocycles. The maximum absolute atomic E-state index is 6.66. The molecule has 0 radical (unpaired) electrons. The molecule has 2 fully saturated rings. The van der Waals surface area contributed by atoms with Gasteiger partial charge in [-0.2, -0.15) is 12.6 Å². The third-order valence-electron chi connectivity index (χ3n) is 6.82. The van der Waals surface area contributed by atoms with E-state index in [9.17, 15) is 0 Å². The lowest BCUT2D eigenvalue weighted by atomic mass is 9.90. The average molecular weight is 462 g/mol. The second-order valence-corrected chi connectivity index (χ2v) is 10.00. The molecule has 0 amide bonds. The third kappa shape index (κ3) is 5.44. The number of aromatic nitrogens is 3. The van der Waals surface area contributed by atoms with Crippen molar-refractivity contribution in [3.63, 3.8) is 0 Å². The monoisotopic (exact) mass is 461 g/mol. The van der Waals surface area contributed by atoms with Crippen molar-refractivity contribution >= 4 is 30.2 Å². The van der Waals surface area contributed by atoms with Crippen molar-refractivity contribution in [3.05, 3.63) is 41.4 Å². The maximum Gasteiger partial charge on any atom is 0.228 e. The van der Waals surface area contributed by atoms with Gasteiger partial charge in [-0.25, -0.2) is 15.0 Å². The number of anilines is 1. The van der Waals surface area contributed by atoms with Crippen LogP contribution in [0.25, 0.3) is 0 Å². The molecule has 31 heavy (non-hydrogen) atoms. The van der Waals surface area contributed by atoms with Gasteiger partial charge in [0.1, 0.15) is 18.4 Å². The van der Waals surface area contributed by atoms with Crippen LogP contribution in [0.5, 0.6) is 5.75 Å². The first-order chi connectivity index (χ1) is 15.0. The van der Waals surface area contributed by atoms with Crippen LogP contribution in [-0.2, 0) is 0 Å². The Hall–Kier alpha value is -1.57. The topological polar surface area (TPSA) is 77.2 Å². The minimum Gasteiger partial charge on any atom is -0.495 e. The van der Waals surface area contributed by atoms with Crippen molar-refractivity contribution in [2.24, 2.45) is 5.73 Å². The van der Waals surface area contributed by atoms with Crippen LogP contribution in [0.4, 0.5) is 5.95 Å². The fraction of sp³-hybridized carbons (Fsp3) is 0.609. The van der Waals surface area contributed by atoms with Crippen LogP contribution in [0.1, 0.15) is 62.8 Å². The summed E-state index contributed by atoms with van der Waals surface area (Å²) in [6.45, 7) is 0. The predicted molar refractivity (Wildman–Crippen MR) is 128 cm³/mol. The van der Waals surface area contributed by atoms with Crippen LogP contribution in [0, 0.1) is 0 Å². The van der Waals surface area contributed by atoms with Gasteiger partial charge in [-0.05, 0) is 75.0 Å². The van der Waals surface area contributed by atoms with E-state index in [4.69, 9.17) is 34.7 Å². The summed E-state index contributed by atoms with van der Waals surface area (Å²) in [5.41, 5.74) is 7.90. The van der Waals surface area contributed by atoms with Crippen LogP contribution in [-0.4, -0.2) is 45.4 Å². The molecule has 3 atom stereocenters. The van der Waals surface area contributed by atoms with Crippen molar-refractivity contribution < 1.29 is 4.74 Å². The van der Waals surface area contributed by atoms with Crippen LogP contribution in [0.15, 0.2) is 30.9 Å². The van der Waals surface area contributed by atoms with Gasteiger partial charge in [-0.15, -0.1) is 0 Å². The Morgan fingerprint density at radius 2 is 1.74 bits per heavy atom. The summed E-state index contributed by atoms with van der Waals surface area (Å²) in [4.78, 5) is 15.5. The number of rotatable bonds is 5. The molecule has 6 nitrogen and oxygen atoms in total. The average Bonchev–Trinajstić information content (AvgIpc) is 2.97. The summed E-state index contributed by atoms with van der Waals surface area (Å²) in [7, 11) is 1.64. The molecule has 1 aromatic heterocycles. The van der Waals surface area contributed by atoms with E-state index in [2.05, 4.69) is 25.9 Å². The second-order valence-electron chi connectivity index (χ2n) is 8.86. The normalized spacial score (nSPS) is 29.2. The van der Waals surface area contributed by atoms with E-state index in [1.54, 1.807) is 19.8 Å². The van der Waals surface area contributed by atoms with Gasteiger partial charge in [-0.3, -0.25) is 0 Å². The van der Waals surface area contributed by atoms with Gasteiger partial charge in [0, 0.05) is 23.4 Å². The number of methoxy groups -OCH3 is 1. The SMILES string of the molecule is COc1ccc(C2CCC(N(c3ncncn3)C3CCC(S)CC3)CC(N)C2)cc1Cl. The Labute approximate surface area is 195 Å². The summed E-state index contributed by atoms with van der Waals surface area (Å²) in [6.07, 6.45) is 11.7. The van der Waals surface area contributed by atoms with E-state index in [0.717, 1.165) is 57.3 Å². The van der Waals surface area contributed by atoms with Crippen LogP contribution >= 0.6 is 24.2 Å². The number of halogens is 1.